The average molecular weight is 214 g/mol. The summed E-state index contributed by atoms with van der Waals surface area (Å²) < 4.78 is 0. The molecule has 1 aromatic carbocycles. The van der Waals surface area contributed by atoms with E-state index < -0.39 is 0 Å². The van der Waals surface area contributed by atoms with Crippen molar-refractivity contribution in [2.75, 3.05) is 12.3 Å². The number of thioether (sulfide) groups is 1. The van der Waals surface area contributed by atoms with Crippen molar-refractivity contribution < 1.29 is 0 Å². The molecular weight excluding hydrogens is 202 g/mol. The molecule has 0 saturated heterocycles. The number of fused-ring (bicyclic) bond motifs is 1. The number of hydrogen-bond acceptors (Lipinski definition) is 2. The van der Waals surface area contributed by atoms with Crippen LogP contribution in [0.5, 0.6) is 0 Å². The van der Waals surface area contributed by atoms with Gasteiger partial charge in [0.05, 0.1) is 0 Å². The lowest BCUT2D eigenvalue weighted by molar-refractivity contribution is 0.701. The van der Waals surface area contributed by atoms with Gasteiger partial charge >= 0.3 is 0 Å². The molecule has 1 heterocycles. The van der Waals surface area contributed by atoms with Crippen LogP contribution in [0.15, 0.2) is 23.1 Å². The highest BCUT2D eigenvalue weighted by Gasteiger charge is 2.24. The minimum atomic E-state index is 0.568. The average Bonchev–Trinajstić information content (AvgIpc) is 2.51. The van der Waals surface area contributed by atoms with Crippen molar-refractivity contribution >= 4 is 23.4 Å². The fourth-order valence-electron chi connectivity index (χ4n) is 1.74. The van der Waals surface area contributed by atoms with Crippen molar-refractivity contribution in [1.29, 1.82) is 0 Å². The summed E-state index contributed by atoms with van der Waals surface area (Å²) in [6.45, 7) is 0.746. The van der Waals surface area contributed by atoms with Gasteiger partial charge in [-0.1, -0.05) is 17.7 Å². The molecule has 70 valence electrons. The molecule has 1 unspecified atom stereocenters. The Kier molecular flexibility index (Phi) is 2.82. The summed E-state index contributed by atoms with van der Waals surface area (Å²) in [5, 5.41) is 0.904. The first-order chi connectivity index (χ1) is 6.33. The van der Waals surface area contributed by atoms with Crippen LogP contribution < -0.4 is 5.73 Å². The summed E-state index contributed by atoms with van der Waals surface area (Å²) in [6.07, 6.45) is 1.05. The van der Waals surface area contributed by atoms with Gasteiger partial charge in [0, 0.05) is 15.7 Å². The molecule has 0 spiro atoms. The standard InChI is InChI=1S/C10H12ClNS/c11-8-2-1-3-9-10(8)7(4-5-12)6-13-9/h1-3,7H,4-6,12H2. The van der Waals surface area contributed by atoms with Crippen LogP contribution in [-0.4, -0.2) is 12.3 Å². The maximum atomic E-state index is 6.15. The van der Waals surface area contributed by atoms with Crippen molar-refractivity contribution in [3.8, 4) is 0 Å². The van der Waals surface area contributed by atoms with E-state index in [-0.39, 0.29) is 0 Å². The molecule has 1 aliphatic heterocycles. The van der Waals surface area contributed by atoms with E-state index in [9.17, 15) is 0 Å². The molecule has 1 aliphatic rings. The van der Waals surface area contributed by atoms with E-state index >= 15 is 0 Å². The molecule has 2 N–H and O–H groups in total. The summed E-state index contributed by atoms with van der Waals surface area (Å²) in [5.74, 6) is 1.70. The summed E-state index contributed by atoms with van der Waals surface area (Å²) >= 11 is 8.04. The van der Waals surface area contributed by atoms with Crippen molar-refractivity contribution in [2.45, 2.75) is 17.2 Å². The Labute approximate surface area is 87.7 Å². The molecule has 0 saturated carbocycles. The predicted octanol–water partition coefficient (Wildman–Crippen LogP) is 2.88. The van der Waals surface area contributed by atoms with E-state index in [4.69, 9.17) is 17.3 Å². The second-order valence-corrected chi connectivity index (χ2v) is 4.71. The molecule has 3 heteroatoms. The highest BCUT2D eigenvalue weighted by molar-refractivity contribution is 7.99. The van der Waals surface area contributed by atoms with E-state index in [0.29, 0.717) is 5.92 Å². The lowest BCUT2D eigenvalue weighted by Crippen LogP contribution is -2.06. The third kappa shape index (κ3) is 1.71. The molecule has 0 aliphatic carbocycles. The number of hydrogen-bond donors (Lipinski definition) is 1. The Balaban J connectivity index is 2.34. The van der Waals surface area contributed by atoms with Gasteiger partial charge in [0.25, 0.3) is 0 Å². The highest BCUT2D eigenvalue weighted by atomic mass is 35.5. The van der Waals surface area contributed by atoms with E-state index in [1.807, 2.05) is 23.9 Å². The lowest BCUT2D eigenvalue weighted by atomic mass is 9.98. The van der Waals surface area contributed by atoms with Gasteiger partial charge in [-0.15, -0.1) is 11.8 Å². The van der Waals surface area contributed by atoms with Crippen LogP contribution >= 0.6 is 23.4 Å². The first-order valence-corrected chi connectivity index (χ1v) is 5.80. The Morgan fingerprint density at radius 1 is 1.54 bits per heavy atom. The third-order valence-corrected chi connectivity index (χ3v) is 3.94. The maximum Gasteiger partial charge on any atom is 0.0452 e. The zero-order valence-corrected chi connectivity index (χ0v) is 8.87. The Hall–Kier alpha value is -0.180. The number of rotatable bonds is 2. The van der Waals surface area contributed by atoms with Gasteiger partial charge in [0.2, 0.25) is 0 Å². The van der Waals surface area contributed by atoms with Crippen LogP contribution in [0.1, 0.15) is 17.9 Å². The van der Waals surface area contributed by atoms with Gasteiger partial charge in [-0.3, -0.25) is 0 Å². The molecule has 1 nitrogen and oxygen atoms in total. The highest BCUT2D eigenvalue weighted by Crippen LogP contribution is 2.44. The Bertz CT molecular complexity index is 312. The van der Waals surface area contributed by atoms with Crippen molar-refractivity contribution in [2.24, 2.45) is 5.73 Å². The van der Waals surface area contributed by atoms with Crippen LogP contribution in [0.4, 0.5) is 0 Å². The first-order valence-electron chi connectivity index (χ1n) is 4.44. The summed E-state index contributed by atoms with van der Waals surface area (Å²) in [7, 11) is 0. The molecule has 13 heavy (non-hydrogen) atoms. The van der Waals surface area contributed by atoms with Gasteiger partial charge in [-0.25, -0.2) is 0 Å². The second kappa shape index (κ2) is 3.91. The minimum Gasteiger partial charge on any atom is -0.330 e. The Morgan fingerprint density at radius 2 is 2.38 bits per heavy atom. The first kappa shape index (κ1) is 9.38. The van der Waals surface area contributed by atoms with Crippen molar-refractivity contribution in [1.82, 2.24) is 0 Å². The SMILES string of the molecule is NCCC1CSc2cccc(Cl)c21. The van der Waals surface area contributed by atoms with Gasteiger partial charge in [-0.2, -0.15) is 0 Å². The zero-order chi connectivity index (χ0) is 9.26. The minimum absolute atomic E-state index is 0.568. The molecular formula is C10H12ClNS. The predicted molar refractivity (Wildman–Crippen MR) is 58.6 cm³/mol. The quantitative estimate of drug-likeness (QED) is 0.818. The van der Waals surface area contributed by atoms with Gasteiger partial charge in [0.1, 0.15) is 0 Å². The van der Waals surface area contributed by atoms with Crippen LogP contribution in [0.3, 0.4) is 0 Å². The van der Waals surface area contributed by atoms with Gasteiger partial charge < -0.3 is 5.73 Å². The fourth-order valence-corrected chi connectivity index (χ4v) is 3.45. The zero-order valence-electron chi connectivity index (χ0n) is 7.29. The molecule has 1 atom stereocenters. The van der Waals surface area contributed by atoms with Crippen molar-refractivity contribution in [3.05, 3.63) is 28.8 Å². The molecule has 0 bridgehead atoms. The summed E-state index contributed by atoms with van der Waals surface area (Å²) in [4.78, 5) is 1.34. The molecule has 0 fully saturated rings. The molecule has 0 aromatic heterocycles. The summed E-state index contributed by atoms with van der Waals surface area (Å²) in [5.41, 5.74) is 6.88. The topological polar surface area (TPSA) is 26.0 Å². The smallest absolute Gasteiger partial charge is 0.0452 e. The van der Waals surface area contributed by atoms with E-state index in [0.717, 1.165) is 23.7 Å². The number of benzene rings is 1. The van der Waals surface area contributed by atoms with Crippen LogP contribution in [-0.2, 0) is 0 Å². The normalized spacial score (nSPS) is 20.3. The monoisotopic (exact) mass is 213 g/mol. The number of nitrogens with two attached hydrogens (primary N) is 1. The molecule has 1 aromatic rings. The van der Waals surface area contributed by atoms with Crippen molar-refractivity contribution in [3.63, 3.8) is 0 Å². The maximum absolute atomic E-state index is 6.15. The summed E-state index contributed by atoms with van der Waals surface area (Å²) in [6, 6.07) is 6.12. The van der Waals surface area contributed by atoms with Crippen LogP contribution in [0.25, 0.3) is 0 Å². The van der Waals surface area contributed by atoms with E-state index in [2.05, 4.69) is 6.07 Å². The Morgan fingerprint density at radius 3 is 3.15 bits per heavy atom. The fraction of sp³-hybridized carbons (Fsp3) is 0.400. The molecule has 0 amide bonds. The lowest BCUT2D eigenvalue weighted by Gasteiger charge is -2.09. The van der Waals surface area contributed by atoms with E-state index in [1.165, 1.54) is 10.5 Å². The van der Waals surface area contributed by atoms with Crippen LogP contribution in [0, 0.1) is 0 Å². The molecule has 0 radical (unpaired) electrons. The van der Waals surface area contributed by atoms with Crippen LogP contribution in [0.2, 0.25) is 5.02 Å². The van der Waals surface area contributed by atoms with Gasteiger partial charge in [-0.05, 0) is 36.6 Å². The third-order valence-electron chi connectivity index (χ3n) is 2.38. The molecule has 2 rings (SSSR count). The second-order valence-electron chi connectivity index (χ2n) is 3.24. The van der Waals surface area contributed by atoms with Gasteiger partial charge in [0.15, 0.2) is 0 Å². The number of halogens is 1. The van der Waals surface area contributed by atoms with E-state index in [1.54, 1.807) is 0 Å². The largest absolute Gasteiger partial charge is 0.330 e.